The van der Waals surface area contributed by atoms with Gasteiger partial charge in [-0.2, -0.15) is 4.99 Å². The predicted octanol–water partition coefficient (Wildman–Crippen LogP) is 3.36. The molecule has 1 aromatic carbocycles. The Kier molecular flexibility index (Phi) is 6.71. The molecule has 37 heavy (non-hydrogen) atoms. The minimum Gasteiger partial charge on any atom is -0.462 e. The molecule has 1 unspecified atom stereocenters. The van der Waals surface area contributed by atoms with E-state index in [0.717, 1.165) is 24.0 Å². The third-order valence-corrected chi connectivity index (χ3v) is 6.59. The monoisotopic (exact) mass is 500 g/mol. The second-order valence-electron chi connectivity index (χ2n) is 9.12. The van der Waals surface area contributed by atoms with Gasteiger partial charge in [0.25, 0.3) is 11.5 Å². The third kappa shape index (κ3) is 4.58. The van der Waals surface area contributed by atoms with Crippen molar-refractivity contribution in [1.82, 2.24) is 14.0 Å². The number of hydrogen-bond donors (Lipinski definition) is 0. The van der Waals surface area contributed by atoms with Crippen molar-refractivity contribution < 1.29 is 19.1 Å². The molecule has 9 nitrogen and oxygen atoms in total. The number of carbonyl (C=O) groups is 2. The average Bonchev–Trinajstić information content (AvgIpc) is 3.40. The van der Waals surface area contributed by atoms with Gasteiger partial charge in [0.1, 0.15) is 16.9 Å². The van der Waals surface area contributed by atoms with Gasteiger partial charge in [0.2, 0.25) is 0 Å². The number of aromatic nitrogens is 3. The van der Waals surface area contributed by atoms with E-state index in [0.29, 0.717) is 23.5 Å². The molecule has 1 aliphatic rings. The third-order valence-electron chi connectivity index (χ3n) is 6.59. The highest BCUT2D eigenvalue weighted by Gasteiger charge is 2.24. The maximum absolute atomic E-state index is 13.6. The van der Waals surface area contributed by atoms with Gasteiger partial charge in [-0.15, -0.1) is 0 Å². The van der Waals surface area contributed by atoms with Crippen LogP contribution in [0.25, 0.3) is 16.7 Å². The summed E-state index contributed by atoms with van der Waals surface area (Å²) in [5.74, 6) is -1.17. The van der Waals surface area contributed by atoms with Gasteiger partial charge in [0, 0.05) is 18.4 Å². The summed E-state index contributed by atoms with van der Waals surface area (Å²) >= 11 is 0. The van der Waals surface area contributed by atoms with Crippen molar-refractivity contribution in [2.45, 2.75) is 46.3 Å². The smallest absolute Gasteiger partial charge is 0.341 e. The Morgan fingerprint density at radius 3 is 2.62 bits per heavy atom. The second kappa shape index (κ2) is 10.1. The number of fused-ring (bicyclic) bond motifs is 2. The van der Waals surface area contributed by atoms with Gasteiger partial charge in [0.15, 0.2) is 5.49 Å². The number of amides is 1. The van der Waals surface area contributed by atoms with E-state index in [9.17, 15) is 14.4 Å². The van der Waals surface area contributed by atoms with Crippen molar-refractivity contribution >= 4 is 28.6 Å². The van der Waals surface area contributed by atoms with E-state index in [2.05, 4.69) is 4.99 Å². The van der Waals surface area contributed by atoms with Crippen LogP contribution in [0.15, 0.2) is 58.4 Å². The number of carbonyl (C=O) groups excluding carboxylic acids is 2. The summed E-state index contributed by atoms with van der Waals surface area (Å²) in [6.07, 6.45) is 3.17. The number of pyridine rings is 2. The molecule has 0 spiro atoms. The van der Waals surface area contributed by atoms with Crippen molar-refractivity contribution in [3.63, 3.8) is 0 Å². The fourth-order valence-electron chi connectivity index (χ4n) is 4.70. The highest BCUT2D eigenvalue weighted by atomic mass is 16.5. The topological polar surface area (TPSA) is 104 Å². The number of aryl methyl sites for hydroxylation is 2. The second-order valence-corrected chi connectivity index (χ2v) is 9.12. The van der Waals surface area contributed by atoms with Gasteiger partial charge in [0.05, 0.1) is 24.6 Å². The Balaban J connectivity index is 1.89. The maximum Gasteiger partial charge on any atom is 0.341 e. The number of esters is 1. The Morgan fingerprint density at radius 1 is 1.11 bits per heavy atom. The van der Waals surface area contributed by atoms with Gasteiger partial charge in [-0.25, -0.2) is 9.78 Å². The van der Waals surface area contributed by atoms with E-state index in [-0.39, 0.29) is 41.3 Å². The Hall–Kier alpha value is -4.11. The van der Waals surface area contributed by atoms with Gasteiger partial charge in [-0.05, 0) is 62.9 Å². The van der Waals surface area contributed by atoms with E-state index in [4.69, 9.17) is 14.5 Å². The lowest BCUT2D eigenvalue weighted by atomic mass is 10.1. The molecule has 0 bridgehead atoms. The van der Waals surface area contributed by atoms with Gasteiger partial charge in [-0.3, -0.25) is 14.0 Å². The van der Waals surface area contributed by atoms with Crippen molar-refractivity contribution in [3.8, 4) is 0 Å². The molecule has 0 aliphatic carbocycles. The van der Waals surface area contributed by atoms with E-state index in [1.54, 1.807) is 35.9 Å². The van der Waals surface area contributed by atoms with Crippen LogP contribution in [0.1, 0.15) is 51.6 Å². The molecule has 1 aliphatic heterocycles. The van der Waals surface area contributed by atoms with E-state index < -0.39 is 11.9 Å². The van der Waals surface area contributed by atoms with Crippen LogP contribution in [0.5, 0.6) is 0 Å². The quantitative estimate of drug-likeness (QED) is 0.307. The van der Waals surface area contributed by atoms with Crippen LogP contribution >= 0.6 is 0 Å². The SMILES string of the molecule is CCOC(=O)c1cc2c(=O)n3cccc(C)c3nc2n(CC2CCCO2)c1=NC(=O)c1ccccc1C. The number of ether oxygens (including phenoxy) is 2. The van der Waals surface area contributed by atoms with Gasteiger partial charge in [-0.1, -0.05) is 24.3 Å². The molecule has 0 radical (unpaired) electrons. The number of nitrogens with zero attached hydrogens (tertiary/aromatic N) is 4. The van der Waals surface area contributed by atoms with Crippen molar-refractivity contribution in [3.05, 3.63) is 86.8 Å². The van der Waals surface area contributed by atoms with Crippen molar-refractivity contribution in [2.75, 3.05) is 13.2 Å². The highest BCUT2D eigenvalue weighted by molar-refractivity contribution is 5.98. The molecular formula is C28H28N4O5. The van der Waals surface area contributed by atoms with Gasteiger partial charge >= 0.3 is 5.97 Å². The van der Waals surface area contributed by atoms with Crippen LogP contribution in [0, 0.1) is 13.8 Å². The molecule has 0 N–H and O–H groups in total. The lowest BCUT2D eigenvalue weighted by molar-refractivity contribution is 0.0521. The lowest BCUT2D eigenvalue weighted by Crippen LogP contribution is -2.35. The van der Waals surface area contributed by atoms with Crippen LogP contribution in [-0.4, -0.2) is 45.1 Å². The van der Waals surface area contributed by atoms with E-state index in [1.807, 2.05) is 32.0 Å². The van der Waals surface area contributed by atoms with Crippen molar-refractivity contribution in [2.24, 2.45) is 4.99 Å². The summed E-state index contributed by atoms with van der Waals surface area (Å²) in [6.45, 7) is 6.42. The minimum absolute atomic E-state index is 0.0285. The Labute approximate surface area is 213 Å². The molecule has 3 aromatic heterocycles. The largest absolute Gasteiger partial charge is 0.462 e. The zero-order valence-electron chi connectivity index (χ0n) is 21.1. The van der Waals surface area contributed by atoms with Crippen LogP contribution in [0.2, 0.25) is 0 Å². The Bertz CT molecular complexity index is 1660. The van der Waals surface area contributed by atoms with Crippen LogP contribution in [0.3, 0.4) is 0 Å². The number of benzene rings is 1. The molecule has 1 saturated heterocycles. The first-order valence-electron chi connectivity index (χ1n) is 12.4. The standard InChI is InChI=1S/C28H28N4O5/c1-4-36-28(35)22-15-21-24(29-23-18(3)10-7-13-31(23)27(21)34)32(16-19-11-8-14-37-19)25(22)30-26(33)20-12-6-5-9-17(20)2/h5-7,9-10,12-13,15,19H,4,8,11,14,16H2,1-3H3. The summed E-state index contributed by atoms with van der Waals surface area (Å²) in [5.41, 5.74) is 2.61. The fraction of sp³-hybridized carbons (Fsp3) is 0.321. The summed E-state index contributed by atoms with van der Waals surface area (Å²) in [7, 11) is 0. The van der Waals surface area contributed by atoms with Crippen LogP contribution in [-0.2, 0) is 16.0 Å². The first-order valence-corrected chi connectivity index (χ1v) is 12.4. The highest BCUT2D eigenvalue weighted by Crippen LogP contribution is 2.18. The molecule has 4 aromatic rings. The number of rotatable bonds is 5. The summed E-state index contributed by atoms with van der Waals surface area (Å²) in [6, 6.07) is 12.2. The van der Waals surface area contributed by atoms with E-state index >= 15 is 0 Å². The number of hydrogen-bond acceptors (Lipinski definition) is 6. The maximum atomic E-state index is 13.6. The molecule has 1 atom stereocenters. The lowest BCUT2D eigenvalue weighted by Gasteiger charge is -2.18. The molecule has 1 fully saturated rings. The van der Waals surface area contributed by atoms with Gasteiger partial charge < -0.3 is 14.0 Å². The first-order chi connectivity index (χ1) is 17.9. The molecule has 1 amide bonds. The summed E-state index contributed by atoms with van der Waals surface area (Å²) in [4.78, 5) is 49.4. The van der Waals surface area contributed by atoms with Crippen molar-refractivity contribution in [1.29, 1.82) is 0 Å². The molecule has 4 heterocycles. The zero-order valence-corrected chi connectivity index (χ0v) is 21.1. The molecular weight excluding hydrogens is 472 g/mol. The summed E-state index contributed by atoms with van der Waals surface area (Å²) in [5, 5.41) is 0.228. The molecule has 190 valence electrons. The van der Waals surface area contributed by atoms with E-state index in [1.165, 1.54) is 10.5 Å². The van der Waals surface area contributed by atoms with Crippen LogP contribution in [0.4, 0.5) is 0 Å². The fourth-order valence-corrected chi connectivity index (χ4v) is 4.70. The molecule has 9 heteroatoms. The minimum atomic E-state index is -0.671. The molecule has 5 rings (SSSR count). The Morgan fingerprint density at radius 2 is 1.89 bits per heavy atom. The van der Waals surface area contributed by atoms with Crippen LogP contribution < -0.4 is 11.0 Å². The summed E-state index contributed by atoms with van der Waals surface area (Å²) < 4.78 is 14.3. The normalized spacial score (nSPS) is 16.0. The molecule has 0 saturated carbocycles. The first kappa shape index (κ1) is 24.6. The predicted molar refractivity (Wildman–Crippen MR) is 138 cm³/mol. The zero-order chi connectivity index (χ0) is 26.1. The average molecular weight is 501 g/mol.